The lowest BCUT2D eigenvalue weighted by atomic mass is 10.2. The number of carbonyl (C=O) groups is 2. The molecule has 0 aliphatic heterocycles. The third-order valence-electron chi connectivity index (χ3n) is 3.88. The van der Waals surface area contributed by atoms with E-state index in [9.17, 15) is 9.59 Å². The van der Waals surface area contributed by atoms with Crippen LogP contribution >= 0.6 is 11.6 Å². The fourth-order valence-corrected chi connectivity index (χ4v) is 2.60. The van der Waals surface area contributed by atoms with Gasteiger partial charge in [-0.25, -0.2) is 5.43 Å². The van der Waals surface area contributed by atoms with Crippen LogP contribution in [0.2, 0.25) is 5.02 Å². The summed E-state index contributed by atoms with van der Waals surface area (Å²) >= 11 is 6.01. The van der Waals surface area contributed by atoms with Crippen molar-refractivity contribution in [3.63, 3.8) is 0 Å². The Bertz CT molecular complexity index is 918. The van der Waals surface area contributed by atoms with Gasteiger partial charge in [0.05, 0.1) is 33.6 Å². The maximum atomic E-state index is 12.2. The number of halogens is 1. The number of carbonyl (C=O) groups excluding carboxylic acids is 2. The molecule has 0 fully saturated rings. The molecule has 0 saturated carbocycles. The van der Waals surface area contributed by atoms with Gasteiger partial charge in [-0.3, -0.25) is 9.59 Å². The van der Waals surface area contributed by atoms with Gasteiger partial charge in [-0.1, -0.05) is 18.5 Å². The molecule has 2 amide bonds. The van der Waals surface area contributed by atoms with Gasteiger partial charge in [0, 0.05) is 16.1 Å². The van der Waals surface area contributed by atoms with Crippen LogP contribution in [0.25, 0.3) is 0 Å². The Morgan fingerprint density at radius 1 is 1.07 bits per heavy atom. The third kappa shape index (κ3) is 6.66. The molecule has 2 aromatic carbocycles. The molecule has 0 unspecified atom stereocenters. The Labute approximate surface area is 180 Å². The van der Waals surface area contributed by atoms with Crippen molar-refractivity contribution in [3.8, 4) is 17.2 Å². The molecule has 9 heteroatoms. The van der Waals surface area contributed by atoms with Gasteiger partial charge in [0.25, 0.3) is 11.8 Å². The van der Waals surface area contributed by atoms with E-state index in [1.165, 1.54) is 26.5 Å². The molecular weight excluding hydrogens is 410 g/mol. The van der Waals surface area contributed by atoms with E-state index < -0.39 is 11.8 Å². The minimum Gasteiger partial charge on any atom is -0.493 e. The zero-order valence-corrected chi connectivity index (χ0v) is 17.8. The molecule has 0 aliphatic rings. The summed E-state index contributed by atoms with van der Waals surface area (Å²) in [6, 6.07) is 9.85. The summed E-state index contributed by atoms with van der Waals surface area (Å²) < 4.78 is 15.9. The molecule has 0 aromatic heterocycles. The van der Waals surface area contributed by atoms with Crippen molar-refractivity contribution in [1.29, 1.82) is 0 Å². The molecule has 0 spiro atoms. The third-order valence-corrected chi connectivity index (χ3v) is 4.12. The van der Waals surface area contributed by atoms with E-state index >= 15 is 0 Å². The van der Waals surface area contributed by atoms with Gasteiger partial charge >= 0.3 is 0 Å². The molecule has 2 rings (SSSR count). The number of hydrogen-bond donors (Lipinski definition) is 2. The minimum atomic E-state index is -0.488. The number of nitrogens with zero attached hydrogens (tertiary/aromatic N) is 1. The summed E-state index contributed by atoms with van der Waals surface area (Å²) in [7, 11) is 2.98. The predicted octanol–water partition coefficient (Wildman–Crippen LogP) is 3.03. The van der Waals surface area contributed by atoms with Crippen LogP contribution < -0.4 is 25.0 Å². The lowest BCUT2D eigenvalue weighted by Crippen LogP contribution is -2.34. The molecule has 0 bridgehead atoms. The Balaban J connectivity index is 1.91. The number of hydrazone groups is 1. The van der Waals surface area contributed by atoms with Crippen molar-refractivity contribution >= 4 is 29.6 Å². The Kier molecular flexibility index (Phi) is 8.96. The van der Waals surface area contributed by atoms with Gasteiger partial charge in [-0.2, -0.15) is 5.10 Å². The lowest BCUT2D eigenvalue weighted by molar-refractivity contribution is -0.120. The summed E-state index contributed by atoms with van der Waals surface area (Å²) in [5, 5.41) is 6.94. The SMILES string of the molecule is CCCOc1ccc(Cl)cc1/C=N/NC(=O)CNC(=O)c1ccc(OC)c(OC)c1. The van der Waals surface area contributed by atoms with E-state index in [4.69, 9.17) is 25.8 Å². The summed E-state index contributed by atoms with van der Waals surface area (Å²) in [4.78, 5) is 24.2. The van der Waals surface area contributed by atoms with Crippen LogP contribution in [0.15, 0.2) is 41.5 Å². The number of benzene rings is 2. The van der Waals surface area contributed by atoms with E-state index in [-0.39, 0.29) is 6.54 Å². The first-order chi connectivity index (χ1) is 14.5. The van der Waals surface area contributed by atoms with Crippen molar-refractivity contribution in [2.24, 2.45) is 5.10 Å². The predicted molar refractivity (Wildman–Crippen MR) is 115 cm³/mol. The van der Waals surface area contributed by atoms with Crippen molar-refractivity contribution in [3.05, 3.63) is 52.5 Å². The quantitative estimate of drug-likeness (QED) is 0.443. The fraction of sp³-hybridized carbons (Fsp3) is 0.286. The smallest absolute Gasteiger partial charge is 0.259 e. The second kappa shape index (κ2) is 11.7. The second-order valence-electron chi connectivity index (χ2n) is 6.08. The van der Waals surface area contributed by atoms with Gasteiger partial charge in [-0.05, 0) is 42.8 Å². The van der Waals surface area contributed by atoms with Gasteiger partial charge in [0.15, 0.2) is 11.5 Å². The van der Waals surface area contributed by atoms with E-state index in [1.54, 1.807) is 30.3 Å². The maximum Gasteiger partial charge on any atom is 0.259 e. The summed E-state index contributed by atoms with van der Waals surface area (Å²) in [6.07, 6.45) is 2.29. The molecular formula is C21H24ClN3O5. The average Bonchev–Trinajstić information content (AvgIpc) is 2.76. The zero-order valence-electron chi connectivity index (χ0n) is 17.0. The zero-order chi connectivity index (χ0) is 21.9. The molecule has 2 N–H and O–H groups in total. The summed E-state index contributed by atoms with van der Waals surface area (Å²) in [6.45, 7) is 2.30. The fourth-order valence-electron chi connectivity index (χ4n) is 2.42. The van der Waals surface area contributed by atoms with Gasteiger partial charge < -0.3 is 19.5 Å². The molecule has 2 aromatic rings. The highest BCUT2D eigenvalue weighted by Gasteiger charge is 2.12. The molecule has 8 nitrogen and oxygen atoms in total. The van der Waals surface area contributed by atoms with Crippen LogP contribution in [-0.4, -0.2) is 45.4 Å². The number of methoxy groups -OCH3 is 2. The van der Waals surface area contributed by atoms with Crippen molar-refractivity contribution in [2.75, 3.05) is 27.4 Å². The first-order valence-electron chi connectivity index (χ1n) is 9.23. The standard InChI is InChI=1S/C21H24ClN3O5/c1-4-9-30-17-8-6-16(22)10-15(17)12-24-25-20(26)13-23-21(27)14-5-7-18(28-2)19(11-14)29-3/h5-8,10-12H,4,9,13H2,1-3H3,(H,23,27)(H,25,26)/b24-12+. The normalized spacial score (nSPS) is 10.5. The van der Waals surface area contributed by atoms with Crippen LogP contribution in [0.4, 0.5) is 0 Å². The number of amides is 2. The van der Waals surface area contributed by atoms with Crippen molar-refractivity contribution < 1.29 is 23.8 Å². The molecule has 0 heterocycles. The number of rotatable bonds is 10. The number of hydrogen-bond acceptors (Lipinski definition) is 6. The molecule has 160 valence electrons. The van der Waals surface area contributed by atoms with Gasteiger partial charge in [-0.15, -0.1) is 0 Å². The molecule has 0 saturated heterocycles. The largest absolute Gasteiger partial charge is 0.493 e. The number of ether oxygens (including phenoxy) is 3. The summed E-state index contributed by atoms with van der Waals surface area (Å²) in [5.74, 6) is 0.616. The van der Waals surface area contributed by atoms with Crippen LogP contribution in [-0.2, 0) is 4.79 Å². The highest BCUT2D eigenvalue weighted by molar-refractivity contribution is 6.30. The van der Waals surface area contributed by atoms with E-state index in [0.717, 1.165) is 6.42 Å². The van der Waals surface area contributed by atoms with E-state index in [1.807, 2.05) is 6.92 Å². The Morgan fingerprint density at radius 3 is 2.50 bits per heavy atom. The first kappa shape index (κ1) is 23.0. The minimum absolute atomic E-state index is 0.251. The van der Waals surface area contributed by atoms with Crippen LogP contribution in [0, 0.1) is 0 Å². The Hall–Kier alpha value is -3.26. The summed E-state index contributed by atoms with van der Waals surface area (Å²) in [5.41, 5.74) is 3.32. The van der Waals surface area contributed by atoms with E-state index in [2.05, 4.69) is 15.8 Å². The molecule has 0 radical (unpaired) electrons. The highest BCUT2D eigenvalue weighted by Crippen LogP contribution is 2.27. The molecule has 0 aliphatic carbocycles. The van der Waals surface area contributed by atoms with Crippen molar-refractivity contribution in [1.82, 2.24) is 10.7 Å². The lowest BCUT2D eigenvalue weighted by Gasteiger charge is -2.10. The van der Waals surface area contributed by atoms with E-state index in [0.29, 0.717) is 40.0 Å². The number of nitrogens with one attached hydrogen (secondary N) is 2. The first-order valence-corrected chi connectivity index (χ1v) is 9.60. The molecule has 30 heavy (non-hydrogen) atoms. The van der Waals surface area contributed by atoms with Crippen LogP contribution in [0.1, 0.15) is 29.3 Å². The monoisotopic (exact) mass is 433 g/mol. The van der Waals surface area contributed by atoms with Crippen molar-refractivity contribution in [2.45, 2.75) is 13.3 Å². The topological polar surface area (TPSA) is 98.2 Å². The molecule has 0 atom stereocenters. The van der Waals surface area contributed by atoms with Crippen LogP contribution in [0.3, 0.4) is 0 Å². The van der Waals surface area contributed by atoms with Gasteiger partial charge in [0.2, 0.25) is 0 Å². The Morgan fingerprint density at radius 2 is 1.80 bits per heavy atom. The highest BCUT2D eigenvalue weighted by atomic mass is 35.5. The average molecular weight is 434 g/mol. The maximum absolute atomic E-state index is 12.2. The van der Waals surface area contributed by atoms with Gasteiger partial charge in [0.1, 0.15) is 5.75 Å². The van der Waals surface area contributed by atoms with Crippen LogP contribution in [0.5, 0.6) is 17.2 Å². The second-order valence-corrected chi connectivity index (χ2v) is 6.51.